The summed E-state index contributed by atoms with van der Waals surface area (Å²) in [5, 5.41) is 12.7. The van der Waals surface area contributed by atoms with Crippen molar-refractivity contribution >= 4 is 9.84 Å². The molecule has 0 aromatic heterocycles. The lowest BCUT2D eigenvalue weighted by atomic mass is 10.1. The van der Waals surface area contributed by atoms with Gasteiger partial charge in [-0.25, -0.2) is 17.2 Å². The largest absolute Gasteiger partial charge is 0.387 e. The molecule has 1 saturated heterocycles. The third kappa shape index (κ3) is 3.74. The Morgan fingerprint density at radius 1 is 1.35 bits per heavy atom. The van der Waals surface area contributed by atoms with Crippen LogP contribution in [0.25, 0.3) is 0 Å². The zero-order valence-corrected chi connectivity index (χ0v) is 11.7. The maximum atomic E-state index is 13.5. The summed E-state index contributed by atoms with van der Waals surface area (Å²) in [6.07, 6.45) is -0.114. The zero-order chi connectivity index (χ0) is 14.8. The van der Waals surface area contributed by atoms with E-state index in [9.17, 15) is 22.3 Å². The molecule has 0 saturated carbocycles. The van der Waals surface area contributed by atoms with Crippen molar-refractivity contribution < 1.29 is 22.3 Å². The van der Waals surface area contributed by atoms with Gasteiger partial charge in [-0.1, -0.05) is 6.07 Å². The van der Waals surface area contributed by atoms with Crippen LogP contribution in [0.4, 0.5) is 8.78 Å². The Bertz CT molecular complexity index is 557. The van der Waals surface area contributed by atoms with Crippen molar-refractivity contribution in [2.75, 3.05) is 18.1 Å². The maximum absolute atomic E-state index is 13.5. The highest BCUT2D eigenvalue weighted by atomic mass is 32.2. The summed E-state index contributed by atoms with van der Waals surface area (Å²) in [4.78, 5) is 0. The van der Waals surface area contributed by atoms with E-state index in [1.807, 2.05) is 0 Å². The van der Waals surface area contributed by atoms with Crippen LogP contribution in [0, 0.1) is 11.6 Å². The van der Waals surface area contributed by atoms with Crippen LogP contribution in [0.3, 0.4) is 0 Å². The van der Waals surface area contributed by atoms with Crippen LogP contribution in [0.15, 0.2) is 18.2 Å². The number of halogens is 2. The molecule has 0 amide bonds. The Morgan fingerprint density at radius 2 is 2.00 bits per heavy atom. The van der Waals surface area contributed by atoms with Crippen LogP contribution in [-0.2, 0) is 9.84 Å². The van der Waals surface area contributed by atoms with Crippen molar-refractivity contribution in [3.8, 4) is 0 Å². The van der Waals surface area contributed by atoms with Crippen LogP contribution in [0.5, 0.6) is 0 Å². The lowest BCUT2D eigenvalue weighted by molar-refractivity contribution is 0.160. The highest BCUT2D eigenvalue weighted by Gasteiger charge is 2.25. The minimum Gasteiger partial charge on any atom is -0.387 e. The zero-order valence-electron chi connectivity index (χ0n) is 10.9. The smallest absolute Gasteiger partial charge is 0.151 e. The Morgan fingerprint density at radius 3 is 2.60 bits per heavy atom. The van der Waals surface area contributed by atoms with E-state index in [4.69, 9.17) is 0 Å². The lowest BCUT2D eigenvalue weighted by Crippen LogP contribution is -2.42. The van der Waals surface area contributed by atoms with Crippen LogP contribution in [0.2, 0.25) is 0 Å². The first-order chi connectivity index (χ1) is 9.39. The molecule has 1 aliphatic heterocycles. The maximum Gasteiger partial charge on any atom is 0.151 e. The fourth-order valence-electron chi connectivity index (χ4n) is 2.39. The fourth-order valence-corrected chi connectivity index (χ4v) is 4.06. The van der Waals surface area contributed by atoms with Crippen molar-refractivity contribution in [1.29, 1.82) is 0 Å². The standard InChI is InChI=1S/C13H17F2NO3S/c14-10-4-1-5-11(15)13(10)12(17)7-16-9-3-2-6-20(18,19)8-9/h1,4-5,9,12,16-17H,2-3,6-8H2. The van der Waals surface area contributed by atoms with Crippen LogP contribution in [-0.4, -0.2) is 37.6 Å². The predicted molar refractivity (Wildman–Crippen MR) is 71.0 cm³/mol. The second kappa shape index (κ2) is 6.15. The number of benzene rings is 1. The van der Waals surface area contributed by atoms with Gasteiger partial charge in [0, 0.05) is 12.6 Å². The van der Waals surface area contributed by atoms with Gasteiger partial charge in [0.1, 0.15) is 11.6 Å². The topological polar surface area (TPSA) is 66.4 Å². The van der Waals surface area contributed by atoms with E-state index in [0.717, 1.165) is 12.1 Å². The molecule has 2 atom stereocenters. The monoisotopic (exact) mass is 305 g/mol. The summed E-state index contributed by atoms with van der Waals surface area (Å²) >= 11 is 0. The molecule has 0 aliphatic carbocycles. The van der Waals surface area contributed by atoms with Gasteiger partial charge in [-0.05, 0) is 25.0 Å². The molecule has 7 heteroatoms. The van der Waals surface area contributed by atoms with Gasteiger partial charge in [0.25, 0.3) is 0 Å². The first-order valence-corrected chi connectivity index (χ1v) is 8.27. The molecule has 2 rings (SSSR count). The average Bonchev–Trinajstić information content (AvgIpc) is 2.35. The van der Waals surface area contributed by atoms with E-state index < -0.39 is 33.1 Å². The van der Waals surface area contributed by atoms with Crippen LogP contribution in [0.1, 0.15) is 24.5 Å². The Balaban J connectivity index is 1.97. The Hall–Kier alpha value is -1.05. The predicted octanol–water partition coefficient (Wildman–Crippen LogP) is 1.16. The van der Waals surface area contributed by atoms with Gasteiger partial charge in [0.15, 0.2) is 9.84 Å². The van der Waals surface area contributed by atoms with Gasteiger partial charge in [-0.15, -0.1) is 0 Å². The van der Waals surface area contributed by atoms with Gasteiger partial charge < -0.3 is 10.4 Å². The van der Waals surface area contributed by atoms with E-state index in [1.165, 1.54) is 6.07 Å². The lowest BCUT2D eigenvalue weighted by Gasteiger charge is -2.24. The Kier molecular flexibility index (Phi) is 4.72. The molecule has 1 heterocycles. The normalized spacial score (nSPS) is 23.4. The number of sulfone groups is 1. The first-order valence-electron chi connectivity index (χ1n) is 6.45. The van der Waals surface area contributed by atoms with Gasteiger partial charge in [-0.2, -0.15) is 0 Å². The molecule has 2 unspecified atom stereocenters. The molecular weight excluding hydrogens is 288 g/mol. The number of aliphatic hydroxyl groups excluding tert-OH is 1. The fraction of sp³-hybridized carbons (Fsp3) is 0.538. The van der Waals surface area contributed by atoms with E-state index >= 15 is 0 Å². The molecule has 0 radical (unpaired) electrons. The number of rotatable bonds is 4. The van der Waals surface area contributed by atoms with Crippen molar-refractivity contribution in [3.05, 3.63) is 35.4 Å². The summed E-state index contributed by atoms with van der Waals surface area (Å²) in [5.74, 6) is -1.44. The minimum absolute atomic E-state index is 0.000522. The highest BCUT2D eigenvalue weighted by Crippen LogP contribution is 2.20. The molecule has 1 aromatic carbocycles. The Labute approximate surface area is 116 Å². The van der Waals surface area contributed by atoms with Gasteiger partial charge in [-0.3, -0.25) is 0 Å². The number of hydrogen-bond acceptors (Lipinski definition) is 4. The number of hydrogen-bond donors (Lipinski definition) is 2. The molecule has 2 N–H and O–H groups in total. The molecule has 1 fully saturated rings. The SMILES string of the molecule is O=S1(=O)CCCC(NCC(O)c2c(F)cccc2F)C1. The van der Waals surface area contributed by atoms with E-state index in [0.29, 0.717) is 12.8 Å². The molecule has 1 aromatic rings. The van der Waals surface area contributed by atoms with Gasteiger partial charge >= 0.3 is 0 Å². The van der Waals surface area contributed by atoms with E-state index in [-0.39, 0.29) is 24.1 Å². The molecular formula is C13H17F2NO3S. The minimum atomic E-state index is -3.05. The first kappa shape index (κ1) is 15.3. The average molecular weight is 305 g/mol. The second-order valence-electron chi connectivity index (χ2n) is 5.01. The highest BCUT2D eigenvalue weighted by molar-refractivity contribution is 7.91. The van der Waals surface area contributed by atoms with Crippen molar-refractivity contribution in [1.82, 2.24) is 5.32 Å². The third-order valence-corrected chi connectivity index (χ3v) is 5.22. The van der Waals surface area contributed by atoms with Crippen LogP contribution >= 0.6 is 0 Å². The van der Waals surface area contributed by atoms with Crippen molar-refractivity contribution in [2.45, 2.75) is 25.0 Å². The molecule has 20 heavy (non-hydrogen) atoms. The molecule has 112 valence electrons. The molecule has 1 aliphatic rings. The summed E-state index contributed by atoms with van der Waals surface area (Å²) < 4.78 is 49.9. The quantitative estimate of drug-likeness (QED) is 0.876. The van der Waals surface area contributed by atoms with E-state index in [1.54, 1.807) is 0 Å². The second-order valence-corrected chi connectivity index (χ2v) is 7.24. The molecule has 0 bridgehead atoms. The van der Waals surface area contributed by atoms with Gasteiger partial charge in [0.2, 0.25) is 0 Å². The molecule has 0 spiro atoms. The number of aliphatic hydroxyl groups is 1. The van der Waals surface area contributed by atoms with E-state index in [2.05, 4.69) is 5.32 Å². The van der Waals surface area contributed by atoms with Crippen molar-refractivity contribution in [2.24, 2.45) is 0 Å². The third-order valence-electron chi connectivity index (χ3n) is 3.40. The summed E-state index contributed by atoms with van der Waals surface area (Å²) in [6.45, 7) is -0.0853. The van der Waals surface area contributed by atoms with Gasteiger partial charge in [0.05, 0.1) is 23.2 Å². The summed E-state index contributed by atoms with van der Waals surface area (Å²) in [7, 11) is -3.05. The summed E-state index contributed by atoms with van der Waals surface area (Å²) in [5.41, 5.74) is -0.390. The number of nitrogens with one attached hydrogen (secondary N) is 1. The van der Waals surface area contributed by atoms with Crippen LogP contribution < -0.4 is 5.32 Å². The molecule has 4 nitrogen and oxygen atoms in total. The van der Waals surface area contributed by atoms with Crippen molar-refractivity contribution in [3.63, 3.8) is 0 Å². The summed E-state index contributed by atoms with van der Waals surface area (Å²) in [6, 6.07) is 3.10.